The second-order valence-electron chi connectivity index (χ2n) is 16.4. The molecule has 0 aliphatic carbocycles. The zero-order chi connectivity index (χ0) is 39.6. The summed E-state index contributed by atoms with van der Waals surface area (Å²) in [6.45, 7) is 4.05. The van der Waals surface area contributed by atoms with E-state index in [1.54, 1.807) is 0 Å². The topological polar surface area (TPSA) is 110 Å². The third-order valence-electron chi connectivity index (χ3n) is 11.1. The van der Waals surface area contributed by atoms with Crippen LogP contribution in [0, 0.1) is 0 Å². The molecule has 0 aliphatic rings. The summed E-state index contributed by atoms with van der Waals surface area (Å²) < 4.78 is 0. The summed E-state index contributed by atoms with van der Waals surface area (Å²) in [5.41, 5.74) is 0. The van der Waals surface area contributed by atoms with Crippen LogP contribution < -0.4 is 5.32 Å². The Hall–Kier alpha value is -1.21. The van der Waals surface area contributed by atoms with Crippen molar-refractivity contribution < 1.29 is 25.2 Å². The van der Waals surface area contributed by atoms with Gasteiger partial charge in [0.2, 0.25) is 5.91 Å². The summed E-state index contributed by atoms with van der Waals surface area (Å²) in [4.78, 5) is 12.5. The molecule has 4 atom stereocenters. The van der Waals surface area contributed by atoms with Gasteiger partial charge in [0.15, 0.2) is 0 Å². The summed E-state index contributed by atoms with van der Waals surface area (Å²) in [6, 6.07) is -1.00. The number of rotatable bonds is 43. The molecule has 54 heavy (non-hydrogen) atoms. The van der Waals surface area contributed by atoms with E-state index < -0.39 is 36.9 Å². The molecule has 6 nitrogen and oxygen atoms in total. The summed E-state index contributed by atoms with van der Waals surface area (Å²) in [5.74, 6) is -0.594. The molecule has 0 aliphatic heterocycles. The van der Waals surface area contributed by atoms with Crippen LogP contribution in [0.3, 0.4) is 0 Å². The van der Waals surface area contributed by atoms with Crippen molar-refractivity contribution in [3.63, 3.8) is 0 Å². The van der Waals surface area contributed by atoms with Crippen LogP contribution in [-0.2, 0) is 4.79 Å². The number of aliphatic hydroxyl groups excluding tert-OH is 4. The summed E-state index contributed by atoms with van der Waals surface area (Å²) in [5, 5.41) is 43.7. The zero-order valence-electron chi connectivity index (χ0n) is 36.0. The van der Waals surface area contributed by atoms with Crippen LogP contribution in [0.25, 0.3) is 0 Å². The fourth-order valence-electron chi connectivity index (χ4n) is 7.36. The summed E-state index contributed by atoms with van der Waals surface area (Å²) >= 11 is 0. The van der Waals surface area contributed by atoms with Crippen molar-refractivity contribution in [2.75, 3.05) is 6.61 Å². The van der Waals surface area contributed by atoms with Crippen LogP contribution in [0.15, 0.2) is 24.3 Å². The Labute approximate surface area is 335 Å². The van der Waals surface area contributed by atoms with Gasteiger partial charge in [0.05, 0.1) is 18.8 Å². The smallest absolute Gasteiger partial charge is 0.249 e. The van der Waals surface area contributed by atoms with E-state index in [1.165, 1.54) is 173 Å². The number of hydrogen-bond donors (Lipinski definition) is 5. The Morgan fingerprint density at radius 2 is 0.778 bits per heavy atom. The Balaban J connectivity index is 3.74. The highest BCUT2D eigenvalue weighted by Crippen LogP contribution is 2.16. The second-order valence-corrected chi connectivity index (χ2v) is 16.4. The predicted octanol–water partition coefficient (Wildman–Crippen LogP) is 12.7. The number of carbonyl (C=O) groups is 1. The minimum absolute atomic E-state index is 0.364. The van der Waals surface area contributed by atoms with Crippen LogP contribution in [0.1, 0.15) is 245 Å². The quantitative estimate of drug-likeness (QED) is 0.0314. The van der Waals surface area contributed by atoms with Crippen LogP contribution in [-0.4, -0.2) is 57.3 Å². The van der Waals surface area contributed by atoms with Gasteiger partial charge in [-0.15, -0.1) is 0 Å². The maximum absolute atomic E-state index is 12.5. The molecule has 4 unspecified atom stereocenters. The van der Waals surface area contributed by atoms with E-state index >= 15 is 0 Å². The van der Waals surface area contributed by atoms with Crippen molar-refractivity contribution in [1.82, 2.24) is 5.32 Å². The highest BCUT2D eigenvalue weighted by atomic mass is 16.3. The number of allylic oxidation sites excluding steroid dienone is 4. The zero-order valence-corrected chi connectivity index (χ0v) is 36.0. The Kier molecular flexibility index (Phi) is 42.0. The van der Waals surface area contributed by atoms with E-state index in [0.717, 1.165) is 38.5 Å². The van der Waals surface area contributed by atoms with Gasteiger partial charge in [-0.05, 0) is 51.4 Å². The average molecular weight is 764 g/mol. The lowest BCUT2D eigenvalue weighted by molar-refractivity contribution is -0.132. The SMILES string of the molecule is CCCCCCCCCCC/C=C/CC/C=C/CCCC(O)C(O)C(CO)NC(=O)C(O)CCCCCCCCCCCCCCCCCCCCCC. The minimum Gasteiger partial charge on any atom is -0.394 e. The van der Waals surface area contributed by atoms with Gasteiger partial charge in [-0.1, -0.05) is 218 Å². The van der Waals surface area contributed by atoms with Crippen LogP contribution in [0.5, 0.6) is 0 Å². The third kappa shape index (κ3) is 36.4. The van der Waals surface area contributed by atoms with Crippen molar-refractivity contribution in [3.8, 4) is 0 Å². The summed E-state index contributed by atoms with van der Waals surface area (Å²) in [6.07, 6.45) is 49.3. The molecule has 0 heterocycles. The van der Waals surface area contributed by atoms with Gasteiger partial charge in [-0.3, -0.25) is 4.79 Å². The molecule has 0 rings (SSSR count). The van der Waals surface area contributed by atoms with E-state index in [2.05, 4.69) is 43.5 Å². The number of unbranched alkanes of at least 4 members (excludes halogenated alkanes) is 30. The maximum Gasteiger partial charge on any atom is 0.249 e. The first-order valence-corrected chi connectivity index (χ1v) is 23.7. The van der Waals surface area contributed by atoms with Gasteiger partial charge in [-0.2, -0.15) is 0 Å². The van der Waals surface area contributed by atoms with Crippen molar-refractivity contribution >= 4 is 5.91 Å². The molecule has 0 fully saturated rings. The van der Waals surface area contributed by atoms with Gasteiger partial charge in [-0.25, -0.2) is 0 Å². The van der Waals surface area contributed by atoms with Gasteiger partial charge < -0.3 is 25.7 Å². The number of hydrogen-bond acceptors (Lipinski definition) is 5. The van der Waals surface area contributed by atoms with E-state index in [1.807, 2.05) is 0 Å². The minimum atomic E-state index is -1.29. The van der Waals surface area contributed by atoms with E-state index in [-0.39, 0.29) is 0 Å². The molecule has 0 radical (unpaired) electrons. The van der Waals surface area contributed by atoms with Crippen LogP contribution in [0.4, 0.5) is 0 Å². The number of amides is 1. The maximum atomic E-state index is 12.5. The highest BCUT2D eigenvalue weighted by Gasteiger charge is 2.28. The summed E-state index contributed by atoms with van der Waals surface area (Å²) in [7, 11) is 0. The number of nitrogens with one attached hydrogen (secondary N) is 1. The molecule has 0 aromatic carbocycles. The number of aliphatic hydroxyl groups is 4. The molecule has 1 amide bonds. The lowest BCUT2D eigenvalue weighted by Crippen LogP contribution is -2.53. The molecule has 0 spiro atoms. The van der Waals surface area contributed by atoms with Gasteiger partial charge in [0, 0.05) is 0 Å². The molecular formula is C48H93NO5. The molecule has 320 valence electrons. The molecule has 0 aromatic heterocycles. The first-order valence-electron chi connectivity index (χ1n) is 23.7. The average Bonchev–Trinajstić information content (AvgIpc) is 3.18. The van der Waals surface area contributed by atoms with E-state index in [4.69, 9.17) is 0 Å². The molecule has 5 N–H and O–H groups in total. The van der Waals surface area contributed by atoms with Gasteiger partial charge >= 0.3 is 0 Å². The largest absolute Gasteiger partial charge is 0.394 e. The highest BCUT2D eigenvalue weighted by molar-refractivity contribution is 5.80. The van der Waals surface area contributed by atoms with Crippen LogP contribution in [0.2, 0.25) is 0 Å². The van der Waals surface area contributed by atoms with Crippen molar-refractivity contribution in [2.45, 2.75) is 269 Å². The molecule has 0 saturated carbocycles. The Bertz CT molecular complexity index is 817. The van der Waals surface area contributed by atoms with Gasteiger partial charge in [0.1, 0.15) is 12.2 Å². The standard InChI is InChI=1S/C48H93NO5/c1-3-5-7-9-11-13-15-17-19-21-23-24-26-28-30-32-34-36-38-40-42-46(52)48(54)49-44(43-50)47(53)45(51)41-39-37-35-33-31-29-27-25-22-20-18-16-14-12-10-8-6-4-2/h25,27,33,35,44-47,50-53H,3-24,26,28-32,34,36-43H2,1-2H3,(H,49,54)/b27-25+,35-33+. The molecule has 0 bridgehead atoms. The van der Waals surface area contributed by atoms with E-state index in [9.17, 15) is 25.2 Å². The monoisotopic (exact) mass is 764 g/mol. The van der Waals surface area contributed by atoms with Gasteiger partial charge in [0.25, 0.3) is 0 Å². The fraction of sp³-hybridized carbons (Fsp3) is 0.896. The lowest BCUT2D eigenvalue weighted by Gasteiger charge is -2.27. The molecule has 6 heteroatoms. The van der Waals surface area contributed by atoms with E-state index in [0.29, 0.717) is 19.3 Å². The number of carbonyl (C=O) groups excluding carboxylic acids is 1. The van der Waals surface area contributed by atoms with Crippen molar-refractivity contribution in [2.24, 2.45) is 0 Å². The van der Waals surface area contributed by atoms with Crippen molar-refractivity contribution in [3.05, 3.63) is 24.3 Å². The first kappa shape index (κ1) is 52.8. The second kappa shape index (κ2) is 42.9. The fourth-order valence-corrected chi connectivity index (χ4v) is 7.36. The molecular weight excluding hydrogens is 671 g/mol. The lowest BCUT2D eigenvalue weighted by atomic mass is 10.00. The first-order chi connectivity index (χ1) is 26.5. The molecule has 0 aromatic rings. The van der Waals surface area contributed by atoms with Crippen LogP contribution >= 0.6 is 0 Å². The Morgan fingerprint density at radius 3 is 1.17 bits per heavy atom. The molecule has 0 saturated heterocycles. The predicted molar refractivity (Wildman–Crippen MR) is 233 cm³/mol. The van der Waals surface area contributed by atoms with Crippen molar-refractivity contribution in [1.29, 1.82) is 0 Å². The third-order valence-corrected chi connectivity index (χ3v) is 11.1. The Morgan fingerprint density at radius 1 is 0.444 bits per heavy atom. The normalized spacial score (nSPS) is 14.3.